The van der Waals surface area contributed by atoms with E-state index >= 15 is 0 Å². The molecular weight excluding hydrogens is 580 g/mol. The van der Waals surface area contributed by atoms with Gasteiger partial charge in [-0.2, -0.15) is 0 Å². The highest BCUT2D eigenvalue weighted by Gasteiger charge is 2.12. The third kappa shape index (κ3) is 6.27. The molecule has 0 N–H and O–H groups in total. The zero-order valence-electron chi connectivity index (χ0n) is 14.6. The molecular formula is C17H11Br3N4O5. The molecule has 0 bridgehead atoms. The Morgan fingerprint density at radius 2 is 1.48 bits per heavy atom. The Balaban J connectivity index is 0.000000234. The summed E-state index contributed by atoms with van der Waals surface area (Å²) in [5, 5.41) is 20.8. The molecule has 0 spiro atoms. The lowest BCUT2D eigenvalue weighted by molar-refractivity contribution is -0.385. The number of benzene rings is 1. The lowest BCUT2D eigenvalue weighted by Crippen LogP contribution is -1.92. The van der Waals surface area contributed by atoms with E-state index < -0.39 is 9.85 Å². The van der Waals surface area contributed by atoms with Crippen LogP contribution in [0.3, 0.4) is 0 Å². The van der Waals surface area contributed by atoms with Gasteiger partial charge in [-0.1, -0.05) is 12.1 Å². The first-order valence-electron chi connectivity index (χ1n) is 7.62. The number of rotatable bonds is 4. The Bertz CT molecular complexity index is 1060. The predicted molar refractivity (Wildman–Crippen MR) is 117 cm³/mol. The quantitative estimate of drug-likeness (QED) is 0.209. The Morgan fingerprint density at radius 1 is 0.897 bits per heavy atom. The van der Waals surface area contributed by atoms with E-state index in [-0.39, 0.29) is 11.4 Å². The third-order valence-corrected chi connectivity index (χ3v) is 5.75. The first-order valence-corrected chi connectivity index (χ1v) is 10.0. The molecule has 0 aliphatic carbocycles. The fourth-order valence-electron chi connectivity index (χ4n) is 2.02. The normalized spacial score (nSPS) is 9.93. The van der Waals surface area contributed by atoms with Crippen LogP contribution in [0.5, 0.6) is 5.75 Å². The van der Waals surface area contributed by atoms with Gasteiger partial charge in [0, 0.05) is 17.7 Å². The van der Waals surface area contributed by atoms with Crippen molar-refractivity contribution in [3.8, 4) is 17.0 Å². The zero-order valence-corrected chi connectivity index (χ0v) is 19.3. The Kier molecular flexibility index (Phi) is 8.17. The molecule has 12 heteroatoms. The zero-order chi connectivity index (χ0) is 21.6. The molecule has 3 aromatic rings. The number of nitrogens with zero attached hydrogens (tertiary/aromatic N) is 4. The summed E-state index contributed by atoms with van der Waals surface area (Å²) in [4.78, 5) is 27.7. The van der Waals surface area contributed by atoms with Crippen molar-refractivity contribution in [2.24, 2.45) is 0 Å². The molecule has 150 valence electrons. The van der Waals surface area contributed by atoms with Gasteiger partial charge in [0.05, 0.1) is 31.6 Å². The highest BCUT2D eigenvalue weighted by Crippen LogP contribution is 2.30. The average Bonchev–Trinajstić information content (AvgIpc) is 2.70. The SMILES string of the molecule is COc1cccc(-c2ncc([N+](=O)[O-])cc2Br)c1.O=[N+]([O-])c1cnc(Br)c(Br)c1. The van der Waals surface area contributed by atoms with E-state index in [0.29, 0.717) is 25.0 Å². The van der Waals surface area contributed by atoms with Crippen LogP contribution in [0.25, 0.3) is 11.3 Å². The number of halogens is 3. The van der Waals surface area contributed by atoms with E-state index in [0.717, 1.165) is 5.56 Å². The molecule has 0 saturated carbocycles. The Hall–Kier alpha value is -2.44. The first kappa shape index (κ1) is 22.8. The largest absolute Gasteiger partial charge is 0.497 e. The maximum absolute atomic E-state index is 10.6. The molecule has 2 heterocycles. The maximum atomic E-state index is 10.6. The lowest BCUT2D eigenvalue weighted by Gasteiger charge is -2.05. The summed E-state index contributed by atoms with van der Waals surface area (Å²) in [5.41, 5.74) is 1.39. The fraction of sp³-hybridized carbons (Fsp3) is 0.0588. The van der Waals surface area contributed by atoms with E-state index in [1.54, 1.807) is 7.11 Å². The molecule has 9 nitrogen and oxygen atoms in total. The molecule has 0 aliphatic rings. The first-order chi connectivity index (χ1) is 13.7. The summed E-state index contributed by atoms with van der Waals surface area (Å²) < 4.78 is 6.83. The van der Waals surface area contributed by atoms with Crippen molar-refractivity contribution >= 4 is 59.2 Å². The van der Waals surface area contributed by atoms with Crippen LogP contribution in [0.1, 0.15) is 0 Å². The maximum Gasteiger partial charge on any atom is 0.288 e. The summed E-state index contributed by atoms with van der Waals surface area (Å²) in [7, 11) is 1.58. The van der Waals surface area contributed by atoms with Gasteiger partial charge in [-0.3, -0.25) is 20.2 Å². The second-order valence-corrected chi connectivity index (χ2v) is 7.70. The molecule has 0 fully saturated rings. The van der Waals surface area contributed by atoms with Crippen molar-refractivity contribution in [3.63, 3.8) is 0 Å². The molecule has 0 unspecified atom stereocenters. The number of hydrogen-bond donors (Lipinski definition) is 0. The molecule has 2 aromatic heterocycles. The molecule has 0 aliphatic heterocycles. The van der Waals surface area contributed by atoms with Gasteiger partial charge in [-0.05, 0) is 59.9 Å². The summed E-state index contributed by atoms with van der Waals surface area (Å²) >= 11 is 9.49. The van der Waals surface area contributed by atoms with Gasteiger partial charge in [0.2, 0.25) is 0 Å². The lowest BCUT2D eigenvalue weighted by atomic mass is 10.1. The van der Waals surface area contributed by atoms with Gasteiger partial charge >= 0.3 is 0 Å². The second kappa shape index (κ2) is 10.4. The van der Waals surface area contributed by atoms with Gasteiger partial charge in [0.25, 0.3) is 11.4 Å². The highest BCUT2D eigenvalue weighted by atomic mass is 79.9. The Morgan fingerprint density at radius 3 is 2.00 bits per heavy atom. The molecule has 29 heavy (non-hydrogen) atoms. The van der Waals surface area contributed by atoms with E-state index in [1.165, 1.54) is 24.5 Å². The van der Waals surface area contributed by atoms with Crippen molar-refractivity contribution in [3.05, 3.63) is 82.6 Å². The van der Waals surface area contributed by atoms with Crippen molar-refractivity contribution < 1.29 is 14.6 Å². The van der Waals surface area contributed by atoms with Crippen molar-refractivity contribution in [2.75, 3.05) is 7.11 Å². The number of nitro groups is 2. The number of hydrogen-bond acceptors (Lipinski definition) is 7. The van der Waals surface area contributed by atoms with Crippen LogP contribution < -0.4 is 4.74 Å². The molecule has 0 atom stereocenters. The molecule has 3 rings (SSSR count). The van der Waals surface area contributed by atoms with Gasteiger partial charge in [-0.25, -0.2) is 9.97 Å². The van der Waals surface area contributed by atoms with Crippen LogP contribution in [-0.2, 0) is 0 Å². The predicted octanol–water partition coefficient (Wildman–Crippen LogP) is 5.94. The number of ether oxygens (including phenoxy) is 1. The second-order valence-electron chi connectivity index (χ2n) is 5.24. The standard InChI is InChI=1S/C12H9BrN2O3.C5H2Br2N2O2/c1-18-10-4-2-3-8(5-10)12-11(13)6-9(7-14-12)15(16)17;6-4-1-3(9(10)11)2-8-5(4)7/h2-7H,1H3;1-2H. The van der Waals surface area contributed by atoms with Crippen LogP contribution in [0.15, 0.2) is 62.3 Å². The van der Waals surface area contributed by atoms with Crippen LogP contribution in [0, 0.1) is 20.2 Å². The van der Waals surface area contributed by atoms with Gasteiger partial charge in [0.15, 0.2) is 0 Å². The Labute approximate surface area is 189 Å². The van der Waals surface area contributed by atoms with E-state index in [9.17, 15) is 20.2 Å². The average molecular weight is 591 g/mol. The monoisotopic (exact) mass is 588 g/mol. The topological polar surface area (TPSA) is 121 Å². The molecule has 0 amide bonds. The van der Waals surface area contributed by atoms with Gasteiger partial charge in [0.1, 0.15) is 22.7 Å². The van der Waals surface area contributed by atoms with E-state index in [2.05, 4.69) is 57.8 Å². The minimum atomic E-state index is -0.496. The van der Waals surface area contributed by atoms with Gasteiger partial charge < -0.3 is 4.74 Å². The smallest absolute Gasteiger partial charge is 0.288 e. The minimum absolute atomic E-state index is 0.0277. The van der Waals surface area contributed by atoms with E-state index in [1.807, 2.05) is 24.3 Å². The number of methoxy groups -OCH3 is 1. The highest BCUT2D eigenvalue weighted by molar-refractivity contribution is 9.13. The van der Waals surface area contributed by atoms with Crippen LogP contribution in [0.4, 0.5) is 11.4 Å². The molecule has 0 radical (unpaired) electrons. The molecule has 0 saturated heterocycles. The van der Waals surface area contributed by atoms with Crippen LogP contribution >= 0.6 is 47.8 Å². The van der Waals surface area contributed by atoms with Gasteiger partial charge in [-0.15, -0.1) is 0 Å². The van der Waals surface area contributed by atoms with Crippen LogP contribution in [0.2, 0.25) is 0 Å². The van der Waals surface area contributed by atoms with Crippen LogP contribution in [-0.4, -0.2) is 26.9 Å². The van der Waals surface area contributed by atoms with E-state index in [4.69, 9.17) is 4.74 Å². The summed E-state index contributed by atoms with van der Waals surface area (Å²) in [6.45, 7) is 0. The fourth-order valence-corrected chi connectivity index (χ4v) is 3.14. The van der Waals surface area contributed by atoms with Crippen molar-refractivity contribution in [1.29, 1.82) is 0 Å². The minimum Gasteiger partial charge on any atom is -0.497 e. The summed E-state index contributed by atoms with van der Waals surface area (Å²) in [6, 6.07) is 10.2. The van der Waals surface area contributed by atoms with Crippen molar-refractivity contribution in [1.82, 2.24) is 9.97 Å². The third-order valence-electron chi connectivity index (χ3n) is 3.37. The van der Waals surface area contributed by atoms with Crippen molar-refractivity contribution in [2.45, 2.75) is 0 Å². The summed E-state index contributed by atoms with van der Waals surface area (Å²) in [5.74, 6) is 0.708. The molecule has 1 aromatic carbocycles. The number of aromatic nitrogens is 2. The summed E-state index contributed by atoms with van der Waals surface area (Å²) in [6.07, 6.45) is 2.43. The number of pyridine rings is 2.